The third-order valence-electron chi connectivity index (χ3n) is 10.2. The van der Waals surface area contributed by atoms with Crippen LogP contribution in [0.3, 0.4) is 0 Å². The SMILES string of the molecule is C=C(C)C(=O)OCC(CO)(CCOc1c(CCCO)cc(-c2ccc(C3CCC(CCCCC)CC3)cc2F)cc1CCCO)COC(=O)C(=C)C. The molecule has 0 aliphatic heterocycles. The van der Waals surface area contributed by atoms with Crippen molar-refractivity contribution in [1.82, 2.24) is 0 Å². The molecule has 52 heavy (non-hydrogen) atoms. The molecule has 0 spiro atoms. The number of benzene rings is 2. The molecule has 0 atom stereocenters. The van der Waals surface area contributed by atoms with Crippen LogP contribution in [0.25, 0.3) is 11.1 Å². The van der Waals surface area contributed by atoms with Crippen molar-refractivity contribution in [3.05, 3.63) is 77.1 Å². The Labute approximate surface area is 310 Å². The third kappa shape index (κ3) is 12.8. The van der Waals surface area contributed by atoms with E-state index in [4.69, 9.17) is 14.2 Å². The fraction of sp³-hybridized carbons (Fsp3) is 0.581. The first-order valence-electron chi connectivity index (χ1n) is 19.0. The molecule has 3 rings (SSSR count). The van der Waals surface area contributed by atoms with Crippen molar-refractivity contribution in [3.8, 4) is 16.9 Å². The molecule has 0 aromatic heterocycles. The van der Waals surface area contributed by atoms with Gasteiger partial charge in [0.1, 0.15) is 24.8 Å². The molecule has 1 saturated carbocycles. The minimum Gasteiger partial charge on any atom is -0.493 e. The molecule has 1 fully saturated rings. The summed E-state index contributed by atoms with van der Waals surface area (Å²) in [6.07, 6.45) is 11.7. The second kappa shape index (κ2) is 21.9. The number of unbranched alkanes of at least 4 members (excludes halogenated alkanes) is 2. The lowest BCUT2D eigenvalue weighted by Crippen LogP contribution is -2.39. The van der Waals surface area contributed by atoms with Crippen molar-refractivity contribution in [2.75, 3.05) is 39.6 Å². The second-order valence-corrected chi connectivity index (χ2v) is 14.7. The molecule has 3 N–H and O–H groups in total. The minimum atomic E-state index is -1.17. The average Bonchev–Trinajstić information content (AvgIpc) is 3.14. The van der Waals surface area contributed by atoms with Gasteiger partial charge < -0.3 is 29.5 Å². The number of aliphatic hydroxyl groups is 3. The number of esters is 2. The highest BCUT2D eigenvalue weighted by molar-refractivity contribution is 5.87. The van der Waals surface area contributed by atoms with Gasteiger partial charge in [-0.1, -0.05) is 57.9 Å². The van der Waals surface area contributed by atoms with Gasteiger partial charge in [0.05, 0.1) is 18.6 Å². The van der Waals surface area contributed by atoms with E-state index in [1.165, 1.54) is 52.4 Å². The number of ether oxygens (including phenoxy) is 3. The molecule has 0 amide bonds. The lowest BCUT2D eigenvalue weighted by molar-refractivity contribution is -0.152. The van der Waals surface area contributed by atoms with Gasteiger partial charge in [-0.25, -0.2) is 14.0 Å². The van der Waals surface area contributed by atoms with Crippen molar-refractivity contribution >= 4 is 11.9 Å². The van der Waals surface area contributed by atoms with Crippen LogP contribution in [0, 0.1) is 17.2 Å². The summed E-state index contributed by atoms with van der Waals surface area (Å²) in [6.45, 7) is 11.5. The van der Waals surface area contributed by atoms with Gasteiger partial charge in [0, 0.05) is 29.9 Å². The van der Waals surface area contributed by atoms with Crippen molar-refractivity contribution in [1.29, 1.82) is 0 Å². The third-order valence-corrected chi connectivity index (χ3v) is 10.2. The van der Waals surface area contributed by atoms with Gasteiger partial charge in [0.25, 0.3) is 0 Å². The fourth-order valence-electron chi connectivity index (χ4n) is 6.90. The van der Waals surface area contributed by atoms with Crippen molar-refractivity contribution < 1.29 is 43.5 Å². The van der Waals surface area contributed by atoms with E-state index in [0.29, 0.717) is 48.5 Å². The van der Waals surface area contributed by atoms with Crippen LogP contribution >= 0.6 is 0 Å². The summed E-state index contributed by atoms with van der Waals surface area (Å²) in [5.74, 6) is 0.149. The standard InChI is InChI=1S/C43H61FO8/c1-6-7-8-11-32-14-16-33(17-15-32)34-18-19-38(39(44)26-34)37-24-35(12-9-21-45)40(36(25-37)13-10-22-46)50-23-20-43(27-47,28-51-41(48)30(2)3)29-52-42(49)31(4)5/h18-19,24-26,32-33,45-47H,2,4,6-17,20-23,27-29H2,1,3,5H3. The Balaban J connectivity index is 1.88. The van der Waals surface area contributed by atoms with Crippen molar-refractivity contribution in [2.45, 2.75) is 110 Å². The number of carbonyl (C=O) groups is 2. The summed E-state index contributed by atoms with van der Waals surface area (Å²) < 4.78 is 33.1. The molecule has 9 heteroatoms. The maximum atomic E-state index is 16.0. The van der Waals surface area contributed by atoms with E-state index in [1.54, 1.807) is 6.07 Å². The van der Waals surface area contributed by atoms with Crippen LogP contribution in [0.1, 0.15) is 114 Å². The lowest BCUT2D eigenvalue weighted by Gasteiger charge is -2.31. The number of hydrogen-bond donors (Lipinski definition) is 3. The maximum Gasteiger partial charge on any atom is 0.333 e. The quantitative estimate of drug-likeness (QED) is 0.0596. The maximum absolute atomic E-state index is 16.0. The summed E-state index contributed by atoms with van der Waals surface area (Å²) >= 11 is 0. The van der Waals surface area contributed by atoms with Gasteiger partial charge >= 0.3 is 11.9 Å². The van der Waals surface area contributed by atoms with Crippen LogP contribution in [0.2, 0.25) is 0 Å². The smallest absolute Gasteiger partial charge is 0.333 e. The van der Waals surface area contributed by atoms with Gasteiger partial charge in [-0.05, 0) is 124 Å². The monoisotopic (exact) mass is 724 g/mol. The van der Waals surface area contributed by atoms with Crippen LogP contribution in [0.5, 0.6) is 5.75 Å². The van der Waals surface area contributed by atoms with Crippen LogP contribution in [0.4, 0.5) is 4.39 Å². The molecule has 2 aromatic rings. The first-order valence-corrected chi connectivity index (χ1v) is 19.0. The molecular weight excluding hydrogens is 663 g/mol. The second-order valence-electron chi connectivity index (χ2n) is 14.7. The Morgan fingerprint density at radius 2 is 1.42 bits per heavy atom. The summed E-state index contributed by atoms with van der Waals surface area (Å²) in [5.41, 5.74) is 2.99. The molecule has 0 unspecified atom stereocenters. The van der Waals surface area contributed by atoms with E-state index < -0.39 is 24.0 Å². The van der Waals surface area contributed by atoms with Crippen LogP contribution in [0.15, 0.2) is 54.6 Å². The Hall–Kier alpha value is -3.53. The summed E-state index contributed by atoms with van der Waals surface area (Å²) in [7, 11) is 0. The molecule has 0 heterocycles. The topological polar surface area (TPSA) is 123 Å². The zero-order chi connectivity index (χ0) is 38.1. The number of hydrogen-bond acceptors (Lipinski definition) is 8. The zero-order valence-electron chi connectivity index (χ0n) is 31.7. The normalized spacial score (nSPS) is 16.0. The Kier molecular flexibility index (Phi) is 18.0. The molecule has 0 saturated heterocycles. The van der Waals surface area contributed by atoms with Crippen LogP contribution < -0.4 is 4.74 Å². The number of aliphatic hydroxyl groups excluding tert-OH is 3. The van der Waals surface area contributed by atoms with E-state index in [0.717, 1.165) is 35.4 Å². The molecule has 1 aliphatic carbocycles. The van der Waals surface area contributed by atoms with Crippen molar-refractivity contribution in [2.24, 2.45) is 11.3 Å². The Bertz CT molecular complexity index is 1420. The Morgan fingerprint density at radius 3 is 1.90 bits per heavy atom. The highest BCUT2D eigenvalue weighted by Crippen LogP contribution is 2.40. The highest BCUT2D eigenvalue weighted by atomic mass is 19.1. The highest BCUT2D eigenvalue weighted by Gasteiger charge is 2.34. The molecule has 2 aromatic carbocycles. The first-order chi connectivity index (χ1) is 25.0. The molecule has 1 aliphatic rings. The molecular formula is C43H61FO8. The first kappa shape index (κ1) is 42.9. The van der Waals surface area contributed by atoms with Crippen LogP contribution in [-0.4, -0.2) is 66.9 Å². The number of aryl methyl sites for hydroxylation is 2. The number of halogens is 1. The number of carbonyl (C=O) groups excluding carboxylic acids is 2. The largest absolute Gasteiger partial charge is 0.493 e. The minimum absolute atomic E-state index is 0.0463. The van der Waals surface area contributed by atoms with E-state index in [2.05, 4.69) is 26.1 Å². The average molecular weight is 725 g/mol. The van der Waals surface area contributed by atoms with Gasteiger partial charge in [-0.15, -0.1) is 0 Å². The van der Waals surface area contributed by atoms with Gasteiger partial charge in [0.2, 0.25) is 0 Å². The van der Waals surface area contributed by atoms with Gasteiger partial charge in [0.15, 0.2) is 0 Å². The van der Waals surface area contributed by atoms with Crippen molar-refractivity contribution in [3.63, 3.8) is 0 Å². The molecule has 0 bridgehead atoms. The van der Waals surface area contributed by atoms with E-state index in [1.807, 2.05) is 18.2 Å². The lowest BCUT2D eigenvalue weighted by atomic mass is 9.77. The summed E-state index contributed by atoms with van der Waals surface area (Å²) in [6, 6.07) is 9.42. The van der Waals surface area contributed by atoms with Gasteiger partial charge in [-0.2, -0.15) is 0 Å². The zero-order valence-corrected chi connectivity index (χ0v) is 31.7. The molecule has 0 radical (unpaired) electrons. The van der Waals surface area contributed by atoms with E-state index >= 15 is 4.39 Å². The predicted octanol–water partition coefficient (Wildman–Crippen LogP) is 8.18. The number of rotatable bonds is 23. The fourth-order valence-corrected chi connectivity index (χ4v) is 6.90. The molecule has 8 nitrogen and oxygen atoms in total. The predicted molar refractivity (Wildman–Crippen MR) is 203 cm³/mol. The van der Waals surface area contributed by atoms with Gasteiger partial charge in [-0.3, -0.25) is 0 Å². The molecule has 288 valence electrons. The van der Waals surface area contributed by atoms with E-state index in [9.17, 15) is 24.9 Å². The summed E-state index contributed by atoms with van der Waals surface area (Å²) in [4.78, 5) is 24.5. The Morgan fingerprint density at radius 1 is 0.846 bits per heavy atom. The van der Waals surface area contributed by atoms with Crippen LogP contribution in [-0.2, 0) is 31.9 Å². The van der Waals surface area contributed by atoms with E-state index in [-0.39, 0.29) is 56.4 Å². The summed E-state index contributed by atoms with van der Waals surface area (Å²) in [5, 5.41) is 29.9.